The predicted octanol–water partition coefficient (Wildman–Crippen LogP) is 5.65. The zero-order valence-corrected chi connectivity index (χ0v) is 22.6. The Morgan fingerprint density at radius 3 is 1.47 bits per heavy atom. The standard InChI is InChI=1S/C24H30O6.C7H9N/c1-4-7-22(18-8-12-20(13-9-18)29-16-23(25)27-5-2)19-10-14-21(15-11-19)30-17-24(26)28-6-3;8-6-7-4-2-1-3-5-7/h8-15,22H,4-7,16-17H2,1-3H3;1-5H,6,8H2. The van der Waals surface area contributed by atoms with Crippen LogP contribution in [0.5, 0.6) is 11.5 Å². The van der Waals surface area contributed by atoms with Crippen LogP contribution in [0.1, 0.15) is 56.2 Å². The number of esters is 2. The van der Waals surface area contributed by atoms with Crippen LogP contribution in [-0.2, 0) is 25.6 Å². The Morgan fingerprint density at radius 2 is 1.13 bits per heavy atom. The Hall–Kier alpha value is -3.84. The van der Waals surface area contributed by atoms with Crippen LogP contribution < -0.4 is 15.2 Å². The predicted molar refractivity (Wildman–Crippen MR) is 148 cm³/mol. The van der Waals surface area contributed by atoms with Gasteiger partial charge in [-0.25, -0.2) is 9.59 Å². The van der Waals surface area contributed by atoms with E-state index in [-0.39, 0.29) is 31.1 Å². The Balaban J connectivity index is 0.000000538. The van der Waals surface area contributed by atoms with E-state index in [4.69, 9.17) is 24.7 Å². The van der Waals surface area contributed by atoms with Crippen molar-refractivity contribution in [3.8, 4) is 11.5 Å². The second-order valence-electron chi connectivity index (χ2n) is 8.36. The van der Waals surface area contributed by atoms with Gasteiger partial charge in [0.05, 0.1) is 13.2 Å². The quantitative estimate of drug-likeness (QED) is 0.290. The van der Waals surface area contributed by atoms with Gasteiger partial charge in [-0.2, -0.15) is 0 Å². The molecule has 3 rings (SSSR count). The molecule has 0 bridgehead atoms. The first-order chi connectivity index (χ1) is 18.5. The highest BCUT2D eigenvalue weighted by molar-refractivity contribution is 5.71. The third kappa shape index (κ3) is 11.0. The summed E-state index contributed by atoms with van der Waals surface area (Å²) in [6, 6.07) is 25.5. The van der Waals surface area contributed by atoms with Crippen LogP contribution in [0.2, 0.25) is 0 Å². The number of hydrogen-bond acceptors (Lipinski definition) is 7. The fourth-order valence-electron chi connectivity index (χ4n) is 3.71. The zero-order valence-electron chi connectivity index (χ0n) is 22.6. The summed E-state index contributed by atoms with van der Waals surface area (Å²) in [7, 11) is 0. The van der Waals surface area contributed by atoms with Crippen molar-refractivity contribution < 1.29 is 28.5 Å². The molecule has 0 radical (unpaired) electrons. The van der Waals surface area contributed by atoms with Crippen LogP contribution in [0.25, 0.3) is 0 Å². The smallest absolute Gasteiger partial charge is 0.344 e. The fraction of sp³-hybridized carbons (Fsp3) is 0.355. The first kappa shape index (κ1) is 30.4. The van der Waals surface area contributed by atoms with E-state index in [0.29, 0.717) is 31.3 Å². The van der Waals surface area contributed by atoms with Crippen molar-refractivity contribution in [3.05, 3.63) is 95.6 Å². The molecule has 0 aliphatic rings. The van der Waals surface area contributed by atoms with Crippen molar-refractivity contribution in [2.24, 2.45) is 5.73 Å². The van der Waals surface area contributed by atoms with E-state index in [1.165, 1.54) is 16.7 Å². The van der Waals surface area contributed by atoms with Gasteiger partial charge < -0.3 is 24.7 Å². The number of rotatable bonds is 13. The van der Waals surface area contributed by atoms with E-state index in [2.05, 4.69) is 6.92 Å². The highest BCUT2D eigenvalue weighted by atomic mass is 16.6. The number of ether oxygens (including phenoxy) is 4. The lowest BCUT2D eigenvalue weighted by molar-refractivity contribution is -0.146. The zero-order chi connectivity index (χ0) is 27.6. The molecule has 0 unspecified atom stereocenters. The molecule has 0 saturated heterocycles. The number of carbonyl (C=O) groups excluding carboxylic acids is 2. The Labute approximate surface area is 225 Å². The summed E-state index contributed by atoms with van der Waals surface area (Å²) in [5.74, 6) is 0.731. The van der Waals surface area contributed by atoms with Crippen LogP contribution >= 0.6 is 0 Å². The van der Waals surface area contributed by atoms with Crippen molar-refractivity contribution in [2.75, 3.05) is 26.4 Å². The van der Waals surface area contributed by atoms with E-state index in [1.807, 2.05) is 78.9 Å². The average molecular weight is 522 g/mol. The topological polar surface area (TPSA) is 97.1 Å². The minimum absolute atomic E-state index is 0.0984. The van der Waals surface area contributed by atoms with E-state index in [9.17, 15) is 9.59 Å². The molecule has 0 saturated carbocycles. The van der Waals surface area contributed by atoms with Gasteiger partial charge in [0.2, 0.25) is 0 Å². The van der Waals surface area contributed by atoms with Crippen LogP contribution in [0.15, 0.2) is 78.9 Å². The Morgan fingerprint density at radius 1 is 0.684 bits per heavy atom. The number of carbonyl (C=O) groups is 2. The molecule has 0 amide bonds. The van der Waals surface area contributed by atoms with E-state index in [1.54, 1.807) is 13.8 Å². The highest BCUT2D eigenvalue weighted by Gasteiger charge is 2.14. The lowest BCUT2D eigenvalue weighted by Crippen LogP contribution is -2.14. The summed E-state index contributed by atoms with van der Waals surface area (Å²) in [5.41, 5.74) is 8.87. The maximum Gasteiger partial charge on any atom is 0.344 e. The van der Waals surface area contributed by atoms with E-state index in [0.717, 1.165) is 12.8 Å². The molecule has 0 aliphatic heterocycles. The van der Waals surface area contributed by atoms with Gasteiger partial charge in [-0.15, -0.1) is 0 Å². The fourth-order valence-corrected chi connectivity index (χ4v) is 3.71. The normalized spacial score (nSPS) is 10.2. The van der Waals surface area contributed by atoms with Gasteiger partial charge in [0, 0.05) is 12.5 Å². The van der Waals surface area contributed by atoms with Crippen LogP contribution in [0.3, 0.4) is 0 Å². The third-order valence-corrected chi connectivity index (χ3v) is 5.54. The van der Waals surface area contributed by atoms with Gasteiger partial charge in [0.15, 0.2) is 13.2 Å². The molecule has 204 valence electrons. The average Bonchev–Trinajstić information content (AvgIpc) is 2.95. The maximum absolute atomic E-state index is 11.4. The summed E-state index contributed by atoms with van der Waals surface area (Å²) >= 11 is 0. The largest absolute Gasteiger partial charge is 0.482 e. The maximum atomic E-state index is 11.4. The number of nitrogens with two attached hydrogens (primary N) is 1. The first-order valence-electron chi connectivity index (χ1n) is 13.0. The number of benzene rings is 3. The molecule has 0 heterocycles. The van der Waals surface area contributed by atoms with Crippen molar-refractivity contribution >= 4 is 11.9 Å². The van der Waals surface area contributed by atoms with Gasteiger partial charge in [-0.3, -0.25) is 0 Å². The summed E-state index contributed by atoms with van der Waals surface area (Å²) in [5, 5.41) is 0. The second kappa shape index (κ2) is 17.6. The summed E-state index contributed by atoms with van der Waals surface area (Å²) in [6.07, 6.45) is 2.03. The van der Waals surface area contributed by atoms with Gasteiger partial charge in [-0.05, 0) is 61.2 Å². The minimum atomic E-state index is -0.379. The van der Waals surface area contributed by atoms with Crippen LogP contribution in [0.4, 0.5) is 0 Å². The molecule has 2 N–H and O–H groups in total. The molecule has 0 aliphatic carbocycles. The second-order valence-corrected chi connectivity index (χ2v) is 8.36. The summed E-state index contributed by atoms with van der Waals surface area (Å²) in [4.78, 5) is 22.8. The molecule has 0 atom stereocenters. The Bertz CT molecular complexity index is 1000. The van der Waals surface area contributed by atoms with Gasteiger partial charge in [0.1, 0.15) is 11.5 Å². The number of hydrogen-bond donors (Lipinski definition) is 1. The lowest BCUT2D eigenvalue weighted by Gasteiger charge is -2.18. The van der Waals surface area contributed by atoms with E-state index >= 15 is 0 Å². The molecule has 7 nitrogen and oxygen atoms in total. The highest BCUT2D eigenvalue weighted by Crippen LogP contribution is 2.31. The molecular weight excluding hydrogens is 482 g/mol. The van der Waals surface area contributed by atoms with Crippen molar-refractivity contribution in [3.63, 3.8) is 0 Å². The molecule has 7 heteroatoms. The molecule has 38 heavy (non-hydrogen) atoms. The van der Waals surface area contributed by atoms with Gasteiger partial charge in [-0.1, -0.05) is 67.9 Å². The summed E-state index contributed by atoms with van der Waals surface area (Å²) < 4.78 is 20.7. The van der Waals surface area contributed by atoms with Gasteiger partial charge in [0.25, 0.3) is 0 Å². The van der Waals surface area contributed by atoms with Crippen molar-refractivity contribution in [1.82, 2.24) is 0 Å². The molecule has 0 fully saturated rings. The molecule has 3 aromatic rings. The van der Waals surface area contributed by atoms with Crippen LogP contribution in [-0.4, -0.2) is 38.4 Å². The third-order valence-electron chi connectivity index (χ3n) is 5.54. The van der Waals surface area contributed by atoms with Crippen LogP contribution in [0, 0.1) is 0 Å². The monoisotopic (exact) mass is 521 g/mol. The minimum Gasteiger partial charge on any atom is -0.482 e. The summed E-state index contributed by atoms with van der Waals surface area (Å²) in [6.45, 7) is 6.80. The van der Waals surface area contributed by atoms with Crippen molar-refractivity contribution in [1.29, 1.82) is 0 Å². The Kier molecular flexibility index (Phi) is 14.1. The van der Waals surface area contributed by atoms with Gasteiger partial charge >= 0.3 is 11.9 Å². The van der Waals surface area contributed by atoms with E-state index < -0.39 is 0 Å². The molecule has 0 aromatic heterocycles. The molecule has 0 spiro atoms. The van der Waals surface area contributed by atoms with Crippen molar-refractivity contribution in [2.45, 2.75) is 46.1 Å². The molecular formula is C31H39NO6. The lowest BCUT2D eigenvalue weighted by atomic mass is 9.87. The SMILES string of the molecule is CCCC(c1ccc(OCC(=O)OCC)cc1)c1ccc(OCC(=O)OCC)cc1.NCc1ccccc1. The first-order valence-corrected chi connectivity index (χ1v) is 13.0. The molecule has 3 aromatic carbocycles.